The quantitative estimate of drug-likeness (QED) is 0.297. The van der Waals surface area contributed by atoms with Crippen molar-refractivity contribution in [2.45, 2.75) is 96.4 Å². The topological polar surface area (TPSA) is 188 Å². The van der Waals surface area contributed by atoms with Gasteiger partial charge in [0.2, 0.25) is 30.3 Å². The zero-order valence-electron chi connectivity index (χ0n) is 27.5. The predicted molar refractivity (Wildman–Crippen MR) is 168 cm³/mol. The first-order valence-electron chi connectivity index (χ1n) is 16.3. The maximum atomic E-state index is 14.5. The van der Waals surface area contributed by atoms with E-state index in [-0.39, 0.29) is 50.8 Å². The number of ketones is 1. The number of Topliss-reactive ketones (excluding diaryl/α,β-unsaturated/α-hetero) is 1. The lowest BCUT2D eigenvalue weighted by molar-refractivity contribution is -0.145. The molecular formula is C33H45N5O9. The fraction of sp³-hybridized carbons (Fsp3) is 0.636. The molecule has 47 heavy (non-hydrogen) atoms. The van der Waals surface area contributed by atoms with E-state index in [2.05, 4.69) is 15.8 Å². The second-order valence-electron chi connectivity index (χ2n) is 13.9. The van der Waals surface area contributed by atoms with Crippen molar-refractivity contribution in [3.8, 4) is 11.5 Å². The van der Waals surface area contributed by atoms with E-state index in [9.17, 15) is 24.0 Å². The van der Waals surface area contributed by atoms with Crippen molar-refractivity contribution >= 4 is 35.1 Å². The van der Waals surface area contributed by atoms with Crippen LogP contribution < -0.4 is 25.8 Å². The summed E-state index contributed by atoms with van der Waals surface area (Å²) in [5, 5.41) is 9.99. The van der Waals surface area contributed by atoms with Gasteiger partial charge in [0.05, 0.1) is 18.3 Å². The largest absolute Gasteiger partial charge is 0.454 e. The molecule has 1 aromatic carbocycles. The molecule has 1 aromatic rings. The minimum atomic E-state index is -1.15. The smallest absolute Gasteiger partial charge is 0.287 e. The minimum absolute atomic E-state index is 0.00605. The van der Waals surface area contributed by atoms with Gasteiger partial charge in [-0.15, -0.1) is 0 Å². The highest BCUT2D eigenvalue weighted by Crippen LogP contribution is 2.41. The molecule has 0 radical (unpaired) electrons. The maximum Gasteiger partial charge on any atom is 0.287 e. The number of nitrogens with two attached hydrogens (primary N) is 1. The molecule has 5 rings (SSSR count). The van der Waals surface area contributed by atoms with Crippen molar-refractivity contribution in [3.63, 3.8) is 0 Å². The highest BCUT2D eigenvalue weighted by atomic mass is 16.7. The average Bonchev–Trinajstić information content (AvgIpc) is 3.77. The van der Waals surface area contributed by atoms with E-state index in [0.717, 1.165) is 18.4 Å². The number of primary amides is 1. The number of amides is 4. The van der Waals surface area contributed by atoms with Crippen LogP contribution in [-0.2, 0) is 33.5 Å². The van der Waals surface area contributed by atoms with Gasteiger partial charge in [-0.1, -0.05) is 39.3 Å². The minimum Gasteiger partial charge on any atom is -0.454 e. The van der Waals surface area contributed by atoms with Crippen LogP contribution in [0.1, 0.15) is 78.2 Å². The van der Waals surface area contributed by atoms with Crippen LogP contribution in [0.5, 0.6) is 11.5 Å². The standard InChI is InChI=1S/C33H45N5O9/c1-5-6-21(27(40)29(34)41)35-30(42)23-16-33(15-22(37-47-33)20-7-8-24-25(14-20)46-18-45-24)17-38(23)31(43)28(32(2,3)4)36-26(39)13-19-9-11-44-12-10-19/h7-8,14,19,21,23,28H,5-6,9-13,15-18H2,1-4H3,(H2,34,41)(H,35,42)(H,36,39)/t21-,23-,28+,33+/m0/s1. The summed E-state index contributed by atoms with van der Waals surface area (Å²) in [6.07, 6.45) is 2.85. The highest BCUT2D eigenvalue weighted by molar-refractivity contribution is 6.37. The Morgan fingerprint density at radius 3 is 2.49 bits per heavy atom. The molecule has 4 amide bonds. The van der Waals surface area contributed by atoms with Crippen molar-refractivity contribution in [1.29, 1.82) is 0 Å². The third-order valence-electron chi connectivity index (χ3n) is 9.22. The number of hydrogen-bond acceptors (Lipinski definition) is 10. The number of rotatable bonds is 11. The van der Waals surface area contributed by atoms with Crippen LogP contribution in [0.2, 0.25) is 0 Å². The summed E-state index contributed by atoms with van der Waals surface area (Å²) in [5.41, 5.74) is 4.87. The predicted octanol–water partition coefficient (Wildman–Crippen LogP) is 1.57. The normalized spacial score (nSPS) is 23.5. The lowest BCUT2D eigenvalue weighted by Gasteiger charge is -2.36. The van der Waals surface area contributed by atoms with E-state index in [0.29, 0.717) is 36.8 Å². The number of oxime groups is 1. The highest BCUT2D eigenvalue weighted by Gasteiger charge is 2.55. The number of likely N-dealkylation sites (tertiary alicyclic amines) is 1. The maximum absolute atomic E-state index is 14.5. The fourth-order valence-corrected chi connectivity index (χ4v) is 6.60. The number of nitrogens with one attached hydrogen (secondary N) is 2. The monoisotopic (exact) mass is 655 g/mol. The van der Waals surface area contributed by atoms with E-state index in [1.165, 1.54) is 4.90 Å². The van der Waals surface area contributed by atoms with Crippen molar-refractivity contribution in [1.82, 2.24) is 15.5 Å². The molecule has 4 heterocycles. The van der Waals surface area contributed by atoms with Crippen LogP contribution in [0.15, 0.2) is 23.4 Å². The first-order valence-corrected chi connectivity index (χ1v) is 16.3. The molecule has 256 valence electrons. The van der Waals surface area contributed by atoms with Gasteiger partial charge >= 0.3 is 0 Å². The number of hydrogen-bond donors (Lipinski definition) is 3. The molecule has 0 saturated carbocycles. The number of carbonyl (C=O) groups excluding carboxylic acids is 5. The van der Waals surface area contributed by atoms with Crippen LogP contribution in [0.25, 0.3) is 0 Å². The Bertz CT molecular complexity index is 1430. The van der Waals surface area contributed by atoms with E-state index in [1.54, 1.807) is 12.1 Å². The number of carbonyl (C=O) groups is 5. The third-order valence-corrected chi connectivity index (χ3v) is 9.22. The summed E-state index contributed by atoms with van der Waals surface area (Å²) >= 11 is 0. The molecule has 4 aliphatic rings. The SMILES string of the molecule is CCC[C@H](NC(=O)[C@@H]1C[C@]2(CC(c3ccc4c(c3)OCO4)=NO2)CN1C(=O)[C@@H](NC(=O)CC1CCOCC1)C(C)(C)C)C(=O)C(N)=O. The van der Waals surface area contributed by atoms with Crippen molar-refractivity contribution in [2.75, 3.05) is 26.6 Å². The van der Waals surface area contributed by atoms with Crippen molar-refractivity contribution in [3.05, 3.63) is 23.8 Å². The second kappa shape index (κ2) is 13.9. The van der Waals surface area contributed by atoms with Gasteiger partial charge in [0.25, 0.3) is 5.91 Å². The summed E-state index contributed by atoms with van der Waals surface area (Å²) in [4.78, 5) is 73.4. The molecule has 14 heteroatoms. The van der Waals surface area contributed by atoms with Crippen LogP contribution in [0.4, 0.5) is 0 Å². The zero-order chi connectivity index (χ0) is 33.9. The van der Waals surface area contributed by atoms with Gasteiger partial charge in [-0.2, -0.15) is 0 Å². The average molecular weight is 656 g/mol. The van der Waals surface area contributed by atoms with Gasteiger partial charge in [-0.25, -0.2) is 0 Å². The van der Waals surface area contributed by atoms with E-state index in [4.69, 9.17) is 24.8 Å². The summed E-state index contributed by atoms with van der Waals surface area (Å²) in [6, 6.07) is 2.25. The number of benzene rings is 1. The van der Waals surface area contributed by atoms with Crippen LogP contribution in [0.3, 0.4) is 0 Å². The van der Waals surface area contributed by atoms with E-state index < -0.39 is 52.6 Å². The van der Waals surface area contributed by atoms with E-state index in [1.807, 2.05) is 33.8 Å². The zero-order valence-corrected chi connectivity index (χ0v) is 27.5. The van der Waals surface area contributed by atoms with E-state index >= 15 is 0 Å². The Hall–Kier alpha value is -4.20. The summed E-state index contributed by atoms with van der Waals surface area (Å²) < 4.78 is 16.4. The fourth-order valence-electron chi connectivity index (χ4n) is 6.60. The molecule has 14 nitrogen and oxygen atoms in total. The summed E-state index contributed by atoms with van der Waals surface area (Å²) in [5.74, 6) is -2.03. The van der Waals surface area contributed by atoms with Gasteiger partial charge < -0.3 is 40.3 Å². The molecule has 0 bridgehead atoms. The molecule has 4 N–H and O–H groups in total. The van der Waals surface area contributed by atoms with Crippen LogP contribution >= 0.6 is 0 Å². The summed E-state index contributed by atoms with van der Waals surface area (Å²) in [6.45, 7) is 8.68. The van der Waals surface area contributed by atoms with Crippen molar-refractivity contribution in [2.24, 2.45) is 22.2 Å². The molecule has 0 aromatic heterocycles. The van der Waals surface area contributed by atoms with Crippen LogP contribution in [0, 0.1) is 11.3 Å². The van der Waals surface area contributed by atoms with Gasteiger partial charge in [0.15, 0.2) is 17.1 Å². The first kappa shape index (κ1) is 34.1. The van der Waals surface area contributed by atoms with Crippen molar-refractivity contribution < 1.29 is 43.0 Å². The Kier molecular flexibility index (Phi) is 10.1. The van der Waals surface area contributed by atoms with Gasteiger partial charge in [-0.3, -0.25) is 24.0 Å². The molecule has 2 saturated heterocycles. The van der Waals surface area contributed by atoms with Crippen LogP contribution in [-0.4, -0.2) is 90.3 Å². The summed E-state index contributed by atoms with van der Waals surface area (Å²) in [7, 11) is 0. The lowest BCUT2D eigenvalue weighted by Crippen LogP contribution is -2.59. The second-order valence-corrected chi connectivity index (χ2v) is 13.9. The molecule has 0 unspecified atom stereocenters. The third kappa shape index (κ3) is 7.69. The van der Waals surface area contributed by atoms with Gasteiger partial charge in [-0.05, 0) is 48.8 Å². The molecular weight excluding hydrogens is 610 g/mol. The molecule has 0 aliphatic carbocycles. The molecule has 1 spiro atoms. The number of nitrogens with zero attached hydrogens (tertiary/aromatic N) is 2. The first-order chi connectivity index (χ1) is 22.3. The number of ether oxygens (including phenoxy) is 3. The number of fused-ring (bicyclic) bond motifs is 1. The molecule has 4 aliphatic heterocycles. The van der Waals surface area contributed by atoms with Gasteiger partial charge in [0.1, 0.15) is 12.1 Å². The Balaban J connectivity index is 1.39. The Morgan fingerprint density at radius 1 is 1.09 bits per heavy atom. The molecule has 2 fully saturated rings. The molecule has 4 atom stereocenters. The van der Waals surface area contributed by atoms with Gasteiger partial charge in [0, 0.05) is 38.0 Å². The Labute approximate surface area is 274 Å². The Morgan fingerprint density at radius 2 is 1.81 bits per heavy atom. The lowest BCUT2D eigenvalue weighted by atomic mass is 9.85.